The molecule has 1 atom stereocenters. The van der Waals surface area contributed by atoms with Crippen LogP contribution in [0.1, 0.15) is 43.1 Å². The second-order valence-corrected chi connectivity index (χ2v) is 6.92. The van der Waals surface area contributed by atoms with Gasteiger partial charge >= 0.3 is 5.97 Å². The van der Waals surface area contributed by atoms with E-state index >= 15 is 0 Å². The van der Waals surface area contributed by atoms with Crippen molar-refractivity contribution in [3.63, 3.8) is 0 Å². The summed E-state index contributed by atoms with van der Waals surface area (Å²) < 4.78 is 0. The van der Waals surface area contributed by atoms with Gasteiger partial charge in [0.05, 0.1) is 5.56 Å². The summed E-state index contributed by atoms with van der Waals surface area (Å²) in [6.45, 7) is 6.17. The van der Waals surface area contributed by atoms with Crippen LogP contribution in [0.2, 0.25) is 0 Å². The van der Waals surface area contributed by atoms with Crippen molar-refractivity contribution in [3.8, 4) is 0 Å². The first-order chi connectivity index (χ1) is 11.2. The number of carbonyl (C=O) groups excluding carboxylic acids is 2. The molecule has 130 valence electrons. The Hall–Kier alpha value is -2.37. The molecule has 1 aliphatic heterocycles. The zero-order valence-corrected chi connectivity index (χ0v) is 14.3. The number of hydrogen-bond donors (Lipinski definition) is 2. The van der Waals surface area contributed by atoms with Crippen molar-refractivity contribution in [2.24, 2.45) is 5.92 Å². The molecule has 0 aromatic heterocycles. The number of carbonyl (C=O) groups is 3. The first-order valence-electron chi connectivity index (χ1n) is 8.09. The van der Waals surface area contributed by atoms with Gasteiger partial charge in [0, 0.05) is 20.0 Å². The Bertz CT molecular complexity index is 637. The van der Waals surface area contributed by atoms with Crippen LogP contribution in [0.25, 0.3) is 0 Å². The minimum absolute atomic E-state index is 0.0681. The van der Waals surface area contributed by atoms with Gasteiger partial charge < -0.3 is 15.3 Å². The SMILES string of the molecule is CC(=O)NC(C)(C)C(=O)N1CCC(Cc2ccc(C(=O)O)cc2)C1. The highest BCUT2D eigenvalue weighted by atomic mass is 16.4. The molecule has 0 bridgehead atoms. The van der Waals surface area contributed by atoms with E-state index in [0.717, 1.165) is 18.4 Å². The predicted octanol–water partition coefficient (Wildman–Crippen LogP) is 1.69. The van der Waals surface area contributed by atoms with Crippen molar-refractivity contribution in [2.45, 2.75) is 39.2 Å². The molecule has 0 saturated carbocycles. The van der Waals surface area contributed by atoms with Crippen LogP contribution in [0, 0.1) is 5.92 Å². The lowest BCUT2D eigenvalue weighted by Crippen LogP contribution is -2.55. The van der Waals surface area contributed by atoms with Gasteiger partial charge in [0.15, 0.2) is 0 Å². The van der Waals surface area contributed by atoms with Crippen molar-refractivity contribution in [2.75, 3.05) is 13.1 Å². The number of carboxylic acids is 1. The first kappa shape index (κ1) is 18.0. The lowest BCUT2D eigenvalue weighted by atomic mass is 9.98. The molecule has 2 rings (SSSR count). The number of carboxylic acid groups (broad SMARTS) is 1. The maximum atomic E-state index is 12.6. The summed E-state index contributed by atoms with van der Waals surface area (Å²) in [5.74, 6) is -0.874. The Kier molecular flexibility index (Phi) is 5.26. The lowest BCUT2D eigenvalue weighted by Gasteiger charge is -2.29. The van der Waals surface area contributed by atoms with Crippen LogP contribution in [-0.4, -0.2) is 46.4 Å². The van der Waals surface area contributed by atoms with E-state index in [1.54, 1.807) is 30.9 Å². The molecule has 6 heteroatoms. The van der Waals surface area contributed by atoms with Crippen LogP contribution in [0.4, 0.5) is 0 Å². The summed E-state index contributed by atoms with van der Waals surface area (Å²) in [6, 6.07) is 6.87. The molecule has 1 aliphatic rings. The number of likely N-dealkylation sites (tertiary alicyclic amines) is 1. The highest BCUT2D eigenvalue weighted by Gasteiger charge is 2.36. The molecule has 0 radical (unpaired) electrons. The first-order valence-corrected chi connectivity index (χ1v) is 8.09. The quantitative estimate of drug-likeness (QED) is 0.859. The second-order valence-electron chi connectivity index (χ2n) is 6.92. The molecule has 1 fully saturated rings. The number of benzene rings is 1. The molecule has 24 heavy (non-hydrogen) atoms. The molecule has 1 unspecified atom stereocenters. The fourth-order valence-corrected chi connectivity index (χ4v) is 3.19. The van der Waals surface area contributed by atoms with E-state index in [0.29, 0.717) is 19.0 Å². The van der Waals surface area contributed by atoms with E-state index in [1.165, 1.54) is 6.92 Å². The van der Waals surface area contributed by atoms with Gasteiger partial charge in [0.2, 0.25) is 11.8 Å². The summed E-state index contributed by atoms with van der Waals surface area (Å²) in [5, 5.41) is 11.6. The average molecular weight is 332 g/mol. The third-order valence-corrected chi connectivity index (χ3v) is 4.32. The normalized spacial score (nSPS) is 17.6. The Morgan fingerprint density at radius 2 is 1.88 bits per heavy atom. The standard InChI is InChI=1S/C18H24N2O4/c1-12(21)19-18(2,3)17(24)20-9-8-14(11-20)10-13-4-6-15(7-5-13)16(22)23/h4-7,14H,8-11H2,1-3H3,(H,19,21)(H,22,23). The van der Waals surface area contributed by atoms with Crippen LogP contribution in [0.3, 0.4) is 0 Å². The van der Waals surface area contributed by atoms with E-state index in [4.69, 9.17) is 5.11 Å². The number of nitrogens with zero attached hydrogens (tertiary/aromatic N) is 1. The monoisotopic (exact) mass is 332 g/mol. The molecular weight excluding hydrogens is 308 g/mol. The number of rotatable bonds is 5. The van der Waals surface area contributed by atoms with Crippen LogP contribution in [0.15, 0.2) is 24.3 Å². The van der Waals surface area contributed by atoms with Crippen molar-refractivity contribution < 1.29 is 19.5 Å². The van der Waals surface area contributed by atoms with E-state index < -0.39 is 11.5 Å². The maximum absolute atomic E-state index is 12.6. The predicted molar refractivity (Wildman–Crippen MR) is 89.7 cm³/mol. The van der Waals surface area contributed by atoms with Crippen molar-refractivity contribution in [3.05, 3.63) is 35.4 Å². The molecular formula is C18H24N2O4. The summed E-state index contributed by atoms with van der Waals surface area (Å²) in [5.41, 5.74) is 0.448. The number of hydrogen-bond acceptors (Lipinski definition) is 3. The van der Waals surface area contributed by atoms with Crippen LogP contribution >= 0.6 is 0 Å². The molecule has 1 heterocycles. The Morgan fingerprint density at radius 1 is 1.25 bits per heavy atom. The van der Waals surface area contributed by atoms with Gasteiger partial charge in [-0.15, -0.1) is 0 Å². The zero-order valence-electron chi connectivity index (χ0n) is 14.3. The molecule has 0 spiro atoms. The third kappa shape index (κ3) is 4.34. The molecule has 6 nitrogen and oxygen atoms in total. The van der Waals surface area contributed by atoms with Crippen LogP contribution in [0.5, 0.6) is 0 Å². The maximum Gasteiger partial charge on any atom is 0.335 e. The van der Waals surface area contributed by atoms with Gasteiger partial charge in [-0.05, 0) is 50.3 Å². The van der Waals surface area contributed by atoms with Gasteiger partial charge in [0.1, 0.15) is 5.54 Å². The van der Waals surface area contributed by atoms with Crippen molar-refractivity contribution >= 4 is 17.8 Å². The molecule has 2 amide bonds. The van der Waals surface area contributed by atoms with Gasteiger partial charge in [-0.1, -0.05) is 12.1 Å². The number of amides is 2. The summed E-state index contributed by atoms with van der Waals surface area (Å²) >= 11 is 0. The van der Waals surface area contributed by atoms with Crippen LogP contribution in [-0.2, 0) is 16.0 Å². The Labute approximate surface area is 141 Å². The molecule has 1 aromatic carbocycles. The van der Waals surface area contributed by atoms with Crippen molar-refractivity contribution in [1.82, 2.24) is 10.2 Å². The topological polar surface area (TPSA) is 86.7 Å². The number of nitrogens with one attached hydrogen (secondary N) is 1. The van der Waals surface area contributed by atoms with Gasteiger partial charge in [0.25, 0.3) is 0 Å². The average Bonchev–Trinajstić information content (AvgIpc) is 2.94. The van der Waals surface area contributed by atoms with E-state index in [1.807, 2.05) is 12.1 Å². The van der Waals surface area contributed by atoms with E-state index in [-0.39, 0.29) is 17.4 Å². The van der Waals surface area contributed by atoms with Gasteiger partial charge in [-0.2, -0.15) is 0 Å². The summed E-state index contributed by atoms with van der Waals surface area (Å²) in [7, 11) is 0. The summed E-state index contributed by atoms with van der Waals surface area (Å²) in [4.78, 5) is 36.5. The van der Waals surface area contributed by atoms with Crippen LogP contribution < -0.4 is 5.32 Å². The minimum Gasteiger partial charge on any atom is -0.478 e. The molecule has 1 aromatic rings. The largest absolute Gasteiger partial charge is 0.478 e. The zero-order chi connectivity index (χ0) is 17.9. The second kappa shape index (κ2) is 7.03. The van der Waals surface area contributed by atoms with Crippen molar-refractivity contribution in [1.29, 1.82) is 0 Å². The number of aromatic carboxylic acids is 1. The Balaban J connectivity index is 1.94. The fraction of sp³-hybridized carbons (Fsp3) is 0.500. The van der Waals surface area contributed by atoms with Gasteiger partial charge in [-0.3, -0.25) is 9.59 Å². The third-order valence-electron chi connectivity index (χ3n) is 4.32. The van der Waals surface area contributed by atoms with Gasteiger partial charge in [-0.25, -0.2) is 4.79 Å². The fourth-order valence-electron chi connectivity index (χ4n) is 3.19. The lowest BCUT2D eigenvalue weighted by molar-refractivity contribution is -0.139. The van der Waals surface area contributed by atoms with E-state index in [2.05, 4.69) is 5.32 Å². The molecule has 1 saturated heterocycles. The van der Waals surface area contributed by atoms with E-state index in [9.17, 15) is 14.4 Å². The molecule has 2 N–H and O–H groups in total. The highest BCUT2D eigenvalue weighted by Crippen LogP contribution is 2.23. The summed E-state index contributed by atoms with van der Waals surface area (Å²) in [6.07, 6.45) is 1.72. The minimum atomic E-state index is -0.931. The highest BCUT2D eigenvalue weighted by molar-refractivity contribution is 5.90. The Morgan fingerprint density at radius 3 is 2.42 bits per heavy atom. The smallest absolute Gasteiger partial charge is 0.335 e. The molecule has 0 aliphatic carbocycles.